The van der Waals surface area contributed by atoms with Gasteiger partial charge in [-0.05, 0) is 80.9 Å². The smallest absolute Gasteiger partial charge is 0.323 e. The lowest BCUT2D eigenvalue weighted by atomic mass is 10.2. The summed E-state index contributed by atoms with van der Waals surface area (Å²) >= 11 is 0. The molecule has 0 aliphatic carbocycles. The molecule has 0 bridgehead atoms. The Labute approximate surface area is 211 Å². The zero-order valence-corrected chi connectivity index (χ0v) is 20.6. The number of nitrogens with zero attached hydrogens (tertiary/aromatic N) is 1. The number of para-hydroxylation sites is 1. The number of urea groups is 1. The molecule has 3 N–H and O–H groups in total. The highest BCUT2D eigenvalue weighted by Crippen LogP contribution is 2.24. The monoisotopic (exact) mass is 488 g/mol. The van der Waals surface area contributed by atoms with E-state index in [2.05, 4.69) is 20.9 Å². The molecule has 1 aliphatic heterocycles. The molecule has 188 valence electrons. The third-order valence-electron chi connectivity index (χ3n) is 5.90. The number of hydrogen-bond donors (Lipinski definition) is 3. The van der Waals surface area contributed by atoms with Crippen molar-refractivity contribution in [1.82, 2.24) is 5.32 Å². The van der Waals surface area contributed by atoms with E-state index in [-0.39, 0.29) is 18.0 Å². The van der Waals surface area contributed by atoms with Gasteiger partial charge < -0.3 is 30.3 Å². The van der Waals surface area contributed by atoms with Gasteiger partial charge in [-0.1, -0.05) is 18.2 Å². The van der Waals surface area contributed by atoms with Crippen LogP contribution in [0.15, 0.2) is 78.9 Å². The average molecular weight is 489 g/mol. The van der Waals surface area contributed by atoms with Crippen molar-refractivity contribution in [3.05, 3.63) is 78.9 Å². The minimum absolute atomic E-state index is 0.0763. The first-order chi connectivity index (χ1) is 17.5. The van der Waals surface area contributed by atoms with Crippen LogP contribution in [0.3, 0.4) is 0 Å². The van der Waals surface area contributed by atoms with Crippen LogP contribution < -0.4 is 25.6 Å². The Morgan fingerprint density at radius 1 is 0.917 bits per heavy atom. The summed E-state index contributed by atoms with van der Waals surface area (Å²) in [5.74, 6) is 1.37. The minimum atomic E-state index is -0.443. The third-order valence-corrected chi connectivity index (χ3v) is 5.90. The fraction of sp³-hybridized carbons (Fsp3) is 0.286. The van der Waals surface area contributed by atoms with Gasteiger partial charge in [-0.3, -0.25) is 4.79 Å². The van der Waals surface area contributed by atoms with Crippen LogP contribution in [-0.2, 0) is 9.53 Å². The second kappa shape index (κ2) is 12.1. The lowest BCUT2D eigenvalue weighted by molar-refractivity contribution is -0.132. The zero-order valence-electron chi connectivity index (χ0n) is 20.6. The largest absolute Gasteiger partial charge is 0.457 e. The van der Waals surface area contributed by atoms with Gasteiger partial charge >= 0.3 is 6.03 Å². The third kappa shape index (κ3) is 6.99. The van der Waals surface area contributed by atoms with Gasteiger partial charge in [0.25, 0.3) is 0 Å². The highest BCUT2D eigenvalue weighted by molar-refractivity contribution is 5.99. The van der Waals surface area contributed by atoms with Crippen LogP contribution in [0.1, 0.15) is 20.3 Å². The number of rotatable bonds is 9. The molecule has 3 aromatic rings. The van der Waals surface area contributed by atoms with E-state index in [0.29, 0.717) is 23.7 Å². The molecule has 2 unspecified atom stereocenters. The van der Waals surface area contributed by atoms with Crippen LogP contribution >= 0.6 is 0 Å². The second-order valence-corrected chi connectivity index (χ2v) is 8.60. The summed E-state index contributed by atoms with van der Waals surface area (Å²) in [5.41, 5.74) is 2.40. The highest BCUT2D eigenvalue weighted by Gasteiger charge is 2.25. The predicted octanol–water partition coefficient (Wildman–Crippen LogP) is 5.24. The molecular weight excluding hydrogens is 456 g/mol. The number of carbonyl (C=O) groups is 2. The number of benzene rings is 3. The molecule has 2 atom stereocenters. The topological polar surface area (TPSA) is 91.9 Å². The molecule has 3 amide bonds. The molecule has 3 aromatic carbocycles. The number of amides is 3. The highest BCUT2D eigenvalue weighted by atomic mass is 16.5. The first kappa shape index (κ1) is 25.1. The Morgan fingerprint density at radius 3 is 2.17 bits per heavy atom. The summed E-state index contributed by atoms with van der Waals surface area (Å²) < 4.78 is 11.1. The van der Waals surface area contributed by atoms with Gasteiger partial charge in [-0.15, -0.1) is 0 Å². The van der Waals surface area contributed by atoms with E-state index in [0.717, 1.165) is 30.9 Å². The Balaban J connectivity index is 1.24. The molecule has 8 heteroatoms. The molecule has 1 heterocycles. The maximum Gasteiger partial charge on any atom is 0.323 e. The summed E-state index contributed by atoms with van der Waals surface area (Å²) in [6.07, 6.45) is 0.434. The van der Waals surface area contributed by atoms with Gasteiger partial charge in [0, 0.05) is 42.8 Å². The van der Waals surface area contributed by atoms with Gasteiger partial charge in [0.2, 0.25) is 5.91 Å². The maximum atomic E-state index is 12.4. The van der Waals surface area contributed by atoms with E-state index in [1.165, 1.54) is 0 Å². The number of ether oxygens (including phenoxy) is 2. The number of nitrogens with one attached hydrogen (secondary N) is 3. The van der Waals surface area contributed by atoms with Crippen molar-refractivity contribution in [2.45, 2.75) is 32.4 Å². The van der Waals surface area contributed by atoms with Crippen molar-refractivity contribution in [3.8, 4) is 11.5 Å². The maximum absolute atomic E-state index is 12.4. The Bertz CT molecular complexity index is 1140. The average Bonchev–Trinajstić information content (AvgIpc) is 3.35. The van der Waals surface area contributed by atoms with Crippen molar-refractivity contribution < 1.29 is 19.1 Å². The number of anilines is 3. The molecule has 0 spiro atoms. The standard InChI is InChI=1S/C28H32N4O4/c1-3-35-20(2)27(33)29-23-17-18-32(19-23)24-13-9-21(10-14-24)30-28(34)31-22-11-15-26(16-12-22)36-25-7-5-4-6-8-25/h4-16,20,23H,3,17-19H2,1-2H3,(H,29,33)(H2,30,31,34). The lowest BCUT2D eigenvalue weighted by Gasteiger charge is -2.20. The molecular formula is C28H32N4O4. The fourth-order valence-electron chi connectivity index (χ4n) is 4.04. The van der Waals surface area contributed by atoms with E-state index in [9.17, 15) is 9.59 Å². The van der Waals surface area contributed by atoms with Crippen LogP contribution in [0.2, 0.25) is 0 Å². The van der Waals surface area contributed by atoms with E-state index < -0.39 is 6.10 Å². The summed E-state index contributed by atoms with van der Waals surface area (Å²) in [6, 6.07) is 24.2. The molecule has 36 heavy (non-hydrogen) atoms. The molecule has 0 aromatic heterocycles. The molecule has 0 saturated carbocycles. The molecule has 4 rings (SSSR count). The quantitative estimate of drug-likeness (QED) is 0.383. The van der Waals surface area contributed by atoms with Crippen molar-refractivity contribution in [3.63, 3.8) is 0 Å². The molecule has 1 saturated heterocycles. The normalized spacial score (nSPS) is 15.7. The van der Waals surface area contributed by atoms with Gasteiger partial charge in [0.1, 0.15) is 17.6 Å². The molecule has 1 fully saturated rings. The van der Waals surface area contributed by atoms with Crippen LogP contribution in [0.25, 0.3) is 0 Å². The van der Waals surface area contributed by atoms with Crippen molar-refractivity contribution in [1.29, 1.82) is 0 Å². The summed E-state index contributed by atoms with van der Waals surface area (Å²) in [5, 5.41) is 8.74. The number of hydrogen-bond acceptors (Lipinski definition) is 5. The first-order valence-electron chi connectivity index (χ1n) is 12.2. The number of carbonyl (C=O) groups excluding carboxylic acids is 2. The van der Waals surface area contributed by atoms with Crippen LogP contribution in [-0.4, -0.2) is 43.8 Å². The van der Waals surface area contributed by atoms with Gasteiger partial charge in [0.05, 0.1) is 0 Å². The summed E-state index contributed by atoms with van der Waals surface area (Å²) in [6.45, 7) is 5.75. The molecule has 0 radical (unpaired) electrons. The first-order valence-corrected chi connectivity index (χ1v) is 12.2. The predicted molar refractivity (Wildman–Crippen MR) is 142 cm³/mol. The fourth-order valence-corrected chi connectivity index (χ4v) is 4.04. The lowest BCUT2D eigenvalue weighted by Crippen LogP contribution is -2.42. The van der Waals surface area contributed by atoms with Gasteiger partial charge in [-0.2, -0.15) is 0 Å². The SMILES string of the molecule is CCOC(C)C(=O)NC1CCN(c2ccc(NC(=O)Nc3ccc(Oc4ccccc4)cc3)cc2)C1. The van der Waals surface area contributed by atoms with Crippen LogP contribution in [0.5, 0.6) is 11.5 Å². The minimum Gasteiger partial charge on any atom is -0.457 e. The Morgan fingerprint density at radius 2 is 1.53 bits per heavy atom. The van der Waals surface area contributed by atoms with E-state index >= 15 is 0 Å². The van der Waals surface area contributed by atoms with Crippen molar-refractivity contribution in [2.75, 3.05) is 35.2 Å². The second-order valence-electron chi connectivity index (χ2n) is 8.60. The summed E-state index contributed by atoms with van der Waals surface area (Å²) in [4.78, 5) is 26.8. The summed E-state index contributed by atoms with van der Waals surface area (Å²) in [7, 11) is 0. The van der Waals surface area contributed by atoms with E-state index in [1.807, 2.05) is 61.5 Å². The Kier molecular flexibility index (Phi) is 8.41. The zero-order chi connectivity index (χ0) is 25.3. The van der Waals surface area contributed by atoms with Gasteiger partial charge in [0.15, 0.2) is 0 Å². The van der Waals surface area contributed by atoms with E-state index in [1.54, 1.807) is 31.2 Å². The Hall–Kier alpha value is -4.04. The van der Waals surface area contributed by atoms with Crippen molar-refractivity contribution >= 4 is 29.0 Å². The van der Waals surface area contributed by atoms with Crippen LogP contribution in [0, 0.1) is 0 Å². The van der Waals surface area contributed by atoms with Crippen molar-refractivity contribution in [2.24, 2.45) is 0 Å². The van der Waals surface area contributed by atoms with Crippen LogP contribution in [0.4, 0.5) is 21.9 Å². The molecule has 8 nitrogen and oxygen atoms in total. The molecule has 1 aliphatic rings. The van der Waals surface area contributed by atoms with Gasteiger partial charge in [-0.25, -0.2) is 4.79 Å². The van der Waals surface area contributed by atoms with E-state index in [4.69, 9.17) is 9.47 Å².